The number of hydrogen-bond donors (Lipinski definition) is 1. The van der Waals surface area contributed by atoms with E-state index in [1.54, 1.807) is 36.4 Å². The predicted molar refractivity (Wildman–Crippen MR) is 129 cm³/mol. The minimum Gasteiger partial charge on any atom is -0.444 e. The van der Waals surface area contributed by atoms with Gasteiger partial charge in [-0.05, 0) is 57.9 Å². The zero-order valence-electron chi connectivity index (χ0n) is 17.5. The van der Waals surface area contributed by atoms with Crippen LogP contribution in [0, 0.1) is 0 Å². The molecular weight excluding hydrogens is 470 g/mol. The summed E-state index contributed by atoms with van der Waals surface area (Å²) in [6, 6.07) is 20.4. The third kappa shape index (κ3) is 5.75. The molecule has 1 aliphatic rings. The molecule has 2 aromatic carbocycles. The molecule has 2 heterocycles. The molecule has 0 spiro atoms. The summed E-state index contributed by atoms with van der Waals surface area (Å²) in [4.78, 5) is 29.2. The number of amides is 2. The number of benzene rings is 2. The molecule has 2 amide bonds. The van der Waals surface area contributed by atoms with E-state index in [-0.39, 0.29) is 17.6 Å². The van der Waals surface area contributed by atoms with Crippen LogP contribution in [0.1, 0.15) is 26.5 Å². The Balaban J connectivity index is 1.26. The largest absolute Gasteiger partial charge is 0.444 e. The first-order valence-corrected chi connectivity index (χ1v) is 11.3. The smallest absolute Gasteiger partial charge is 0.291 e. The van der Waals surface area contributed by atoms with Gasteiger partial charge in [-0.1, -0.05) is 42.5 Å². The van der Waals surface area contributed by atoms with Crippen LogP contribution in [-0.4, -0.2) is 54.3 Å². The van der Waals surface area contributed by atoms with Crippen LogP contribution in [0.2, 0.25) is 0 Å². The number of carbonyl (C=O) groups is 2. The first-order chi connectivity index (χ1) is 15.6. The molecule has 0 aliphatic carbocycles. The van der Waals surface area contributed by atoms with E-state index < -0.39 is 0 Å². The molecule has 0 bridgehead atoms. The van der Waals surface area contributed by atoms with Gasteiger partial charge in [0.2, 0.25) is 0 Å². The SMILES string of the molecule is O=C(Nc1ccc(C(=O)N2CCN(C/C=C/c3ccccc3)CC2)cc1)c1ccc(Br)o1. The number of nitrogens with zero attached hydrogens (tertiary/aromatic N) is 2. The Hall–Kier alpha value is -3.16. The third-order valence-corrected chi connectivity index (χ3v) is 5.75. The standard InChI is InChI=1S/C25H24BrN3O3/c26-23-13-12-22(32-23)24(30)27-21-10-8-20(9-11-21)25(31)29-17-15-28(16-18-29)14-4-7-19-5-2-1-3-6-19/h1-13H,14-18H2,(H,27,30)/b7-4+. The molecule has 3 aromatic rings. The molecule has 0 saturated carbocycles. The third-order valence-electron chi connectivity index (χ3n) is 5.32. The van der Waals surface area contributed by atoms with Crippen LogP contribution in [0.15, 0.2) is 81.9 Å². The first-order valence-electron chi connectivity index (χ1n) is 10.5. The van der Waals surface area contributed by atoms with Crippen molar-refractivity contribution in [1.29, 1.82) is 0 Å². The molecular formula is C25H24BrN3O3. The predicted octanol–water partition coefficient (Wildman–Crippen LogP) is 4.77. The lowest BCUT2D eigenvalue weighted by Crippen LogP contribution is -2.48. The van der Waals surface area contributed by atoms with Crippen molar-refractivity contribution in [3.63, 3.8) is 0 Å². The van der Waals surface area contributed by atoms with Gasteiger partial charge >= 0.3 is 0 Å². The van der Waals surface area contributed by atoms with Crippen LogP contribution < -0.4 is 5.32 Å². The number of nitrogens with one attached hydrogen (secondary N) is 1. The molecule has 0 unspecified atom stereocenters. The quantitative estimate of drug-likeness (QED) is 0.537. The van der Waals surface area contributed by atoms with Crippen LogP contribution in [-0.2, 0) is 0 Å². The molecule has 7 heteroatoms. The molecule has 1 fully saturated rings. The van der Waals surface area contributed by atoms with Crippen LogP contribution in [0.25, 0.3) is 6.08 Å². The normalized spacial score (nSPS) is 14.6. The summed E-state index contributed by atoms with van der Waals surface area (Å²) in [5.74, 6) is -0.113. The molecule has 1 aromatic heterocycles. The molecule has 4 rings (SSSR count). The van der Waals surface area contributed by atoms with Crippen LogP contribution in [0.4, 0.5) is 5.69 Å². The minimum atomic E-state index is -0.341. The number of hydrogen-bond acceptors (Lipinski definition) is 4. The van der Waals surface area contributed by atoms with Crippen LogP contribution >= 0.6 is 15.9 Å². The topological polar surface area (TPSA) is 65.8 Å². The Morgan fingerprint density at radius 2 is 1.66 bits per heavy atom. The molecule has 6 nitrogen and oxygen atoms in total. The maximum atomic E-state index is 12.8. The molecule has 164 valence electrons. The van der Waals surface area contributed by atoms with Gasteiger partial charge in [0.1, 0.15) is 0 Å². The summed E-state index contributed by atoms with van der Waals surface area (Å²) < 4.78 is 5.75. The number of rotatable bonds is 6. The minimum absolute atomic E-state index is 0.0114. The maximum Gasteiger partial charge on any atom is 0.291 e. The summed E-state index contributed by atoms with van der Waals surface area (Å²) in [6.07, 6.45) is 4.30. The average Bonchev–Trinajstić information content (AvgIpc) is 3.27. The average molecular weight is 494 g/mol. The van der Waals surface area contributed by atoms with Gasteiger partial charge < -0.3 is 14.6 Å². The Bertz CT molecular complexity index is 1090. The number of anilines is 1. The van der Waals surface area contributed by atoms with Gasteiger partial charge in [-0.2, -0.15) is 0 Å². The fraction of sp³-hybridized carbons (Fsp3) is 0.200. The number of furan rings is 1. The van der Waals surface area contributed by atoms with Gasteiger partial charge in [0.15, 0.2) is 10.4 Å². The lowest BCUT2D eigenvalue weighted by Gasteiger charge is -2.34. The Morgan fingerprint density at radius 1 is 0.938 bits per heavy atom. The summed E-state index contributed by atoms with van der Waals surface area (Å²) in [5, 5.41) is 2.76. The zero-order valence-corrected chi connectivity index (χ0v) is 19.1. The number of piperazine rings is 1. The van der Waals surface area contributed by atoms with E-state index in [9.17, 15) is 9.59 Å². The van der Waals surface area contributed by atoms with Crippen molar-refractivity contribution in [1.82, 2.24) is 9.80 Å². The molecule has 1 N–H and O–H groups in total. The summed E-state index contributed by atoms with van der Waals surface area (Å²) in [5.41, 5.74) is 2.41. The van der Waals surface area contributed by atoms with Crippen molar-refractivity contribution in [2.24, 2.45) is 0 Å². The fourth-order valence-corrected chi connectivity index (χ4v) is 3.85. The zero-order chi connectivity index (χ0) is 22.3. The van der Waals surface area contributed by atoms with Crippen molar-refractivity contribution >= 4 is 39.5 Å². The van der Waals surface area contributed by atoms with Crippen molar-refractivity contribution in [3.8, 4) is 0 Å². The highest BCUT2D eigenvalue weighted by molar-refractivity contribution is 9.10. The summed E-state index contributed by atoms with van der Waals surface area (Å²) >= 11 is 3.18. The molecule has 0 radical (unpaired) electrons. The van der Waals surface area contributed by atoms with E-state index in [2.05, 4.69) is 50.4 Å². The second-order valence-corrected chi connectivity index (χ2v) is 8.32. The second-order valence-electron chi connectivity index (χ2n) is 7.54. The van der Waals surface area contributed by atoms with Crippen LogP contribution in [0.3, 0.4) is 0 Å². The van der Waals surface area contributed by atoms with E-state index in [4.69, 9.17) is 4.42 Å². The van der Waals surface area contributed by atoms with Crippen molar-refractivity contribution in [2.45, 2.75) is 0 Å². The van der Waals surface area contributed by atoms with Gasteiger partial charge in [0.25, 0.3) is 11.8 Å². The van der Waals surface area contributed by atoms with E-state index in [0.29, 0.717) is 29.0 Å². The van der Waals surface area contributed by atoms with Crippen molar-refractivity contribution < 1.29 is 14.0 Å². The monoisotopic (exact) mass is 493 g/mol. The highest BCUT2D eigenvalue weighted by Gasteiger charge is 2.21. The lowest BCUT2D eigenvalue weighted by atomic mass is 10.1. The van der Waals surface area contributed by atoms with Crippen molar-refractivity contribution in [3.05, 3.63) is 94.4 Å². The Kier molecular flexibility index (Phi) is 7.19. The van der Waals surface area contributed by atoms with Gasteiger partial charge in [-0.15, -0.1) is 0 Å². The van der Waals surface area contributed by atoms with Gasteiger partial charge in [0.05, 0.1) is 0 Å². The van der Waals surface area contributed by atoms with Crippen LogP contribution in [0.5, 0.6) is 0 Å². The molecule has 32 heavy (non-hydrogen) atoms. The molecule has 0 atom stereocenters. The Morgan fingerprint density at radius 3 is 2.31 bits per heavy atom. The second kappa shape index (κ2) is 10.4. The summed E-state index contributed by atoms with van der Waals surface area (Å²) in [6.45, 7) is 3.96. The molecule has 1 aliphatic heterocycles. The van der Waals surface area contributed by atoms with Gasteiger partial charge in [-0.25, -0.2) is 0 Å². The first kappa shape index (κ1) is 22.0. The number of halogens is 1. The van der Waals surface area contributed by atoms with E-state index in [1.165, 1.54) is 5.56 Å². The maximum absolute atomic E-state index is 12.8. The van der Waals surface area contributed by atoms with E-state index in [1.807, 2.05) is 23.1 Å². The fourth-order valence-electron chi connectivity index (χ4n) is 3.54. The Labute approximate surface area is 195 Å². The van der Waals surface area contributed by atoms with E-state index in [0.717, 1.165) is 19.6 Å². The number of carbonyl (C=O) groups excluding carboxylic acids is 2. The van der Waals surface area contributed by atoms with Crippen molar-refractivity contribution in [2.75, 3.05) is 38.0 Å². The lowest BCUT2D eigenvalue weighted by molar-refractivity contribution is 0.0650. The molecule has 1 saturated heterocycles. The van der Waals surface area contributed by atoms with Gasteiger partial charge in [-0.3, -0.25) is 14.5 Å². The highest BCUT2D eigenvalue weighted by Crippen LogP contribution is 2.17. The highest BCUT2D eigenvalue weighted by atomic mass is 79.9. The van der Waals surface area contributed by atoms with E-state index >= 15 is 0 Å². The summed E-state index contributed by atoms with van der Waals surface area (Å²) in [7, 11) is 0. The van der Waals surface area contributed by atoms with Gasteiger partial charge in [0, 0.05) is 44.0 Å².